The summed E-state index contributed by atoms with van der Waals surface area (Å²) in [6.07, 6.45) is 2.79. The number of ether oxygens (including phenoxy) is 1. The Morgan fingerprint density at radius 3 is 2.41 bits per heavy atom. The number of Topliss-reactive ketones (excluding diaryl/α,β-unsaturated/α-hetero) is 1. The van der Waals surface area contributed by atoms with Crippen LogP contribution in [-0.2, 0) is 11.2 Å². The fraction of sp³-hybridized carbons (Fsp3) is 0.240. The lowest BCUT2D eigenvalue weighted by atomic mass is 9.99. The molecule has 3 rings (SSSR count). The molecular weight excluding hydrogens is 431 g/mol. The molecule has 0 aliphatic rings. The summed E-state index contributed by atoms with van der Waals surface area (Å²) in [5.74, 6) is -0.241. The topological polar surface area (TPSA) is 59.5 Å². The second kappa shape index (κ2) is 10.4. The van der Waals surface area contributed by atoms with Crippen molar-refractivity contribution in [1.29, 1.82) is 0 Å². The van der Waals surface area contributed by atoms with E-state index in [-0.39, 0.29) is 30.2 Å². The van der Waals surface area contributed by atoms with Crippen molar-refractivity contribution in [3.63, 3.8) is 0 Å². The summed E-state index contributed by atoms with van der Waals surface area (Å²) in [5, 5.41) is 0.308. The molecule has 1 amide bonds. The number of rotatable bonds is 8. The Balaban J connectivity index is 1.73. The highest BCUT2D eigenvalue weighted by atomic mass is 35.5. The van der Waals surface area contributed by atoms with Crippen molar-refractivity contribution in [3.8, 4) is 17.0 Å². The molecule has 0 aliphatic heterocycles. The second-order valence-electron chi connectivity index (χ2n) is 7.30. The van der Waals surface area contributed by atoms with Crippen LogP contribution < -0.4 is 9.64 Å². The fourth-order valence-electron chi connectivity index (χ4n) is 3.32. The number of hydrogen-bond donors (Lipinski definition) is 0. The maximum absolute atomic E-state index is 14.6. The number of aryl methyl sites for hydroxylation is 1. The number of hydrogen-bond acceptors (Lipinski definition) is 4. The molecule has 0 N–H and O–H groups in total. The molecule has 5 nitrogen and oxygen atoms in total. The molecule has 3 aromatic rings. The number of methoxy groups -OCH3 is 1. The van der Waals surface area contributed by atoms with Crippen molar-refractivity contribution in [1.82, 2.24) is 4.98 Å². The Hall–Kier alpha value is -3.25. The first-order chi connectivity index (χ1) is 15.3. The molecule has 7 heteroatoms. The van der Waals surface area contributed by atoms with Crippen LogP contribution >= 0.6 is 11.6 Å². The average Bonchev–Trinajstić information content (AvgIpc) is 2.81. The van der Waals surface area contributed by atoms with E-state index in [2.05, 4.69) is 4.98 Å². The van der Waals surface area contributed by atoms with Crippen molar-refractivity contribution in [3.05, 3.63) is 76.7 Å². The van der Waals surface area contributed by atoms with Gasteiger partial charge >= 0.3 is 0 Å². The SMILES string of the molecule is CCC(=O)N(C)c1ccc(-c2ccc(C(=O)CCc3ccc(OC)nc3)c(Cl)c2)cc1F. The van der Waals surface area contributed by atoms with Crippen molar-refractivity contribution >= 4 is 29.0 Å². The van der Waals surface area contributed by atoms with Gasteiger partial charge in [-0.05, 0) is 47.4 Å². The van der Waals surface area contributed by atoms with Crippen LogP contribution in [0.25, 0.3) is 11.1 Å². The van der Waals surface area contributed by atoms with Crippen LogP contribution in [0.5, 0.6) is 5.88 Å². The molecule has 0 bridgehead atoms. The third kappa shape index (κ3) is 5.32. The number of pyridine rings is 1. The van der Waals surface area contributed by atoms with Gasteiger partial charge in [-0.15, -0.1) is 0 Å². The van der Waals surface area contributed by atoms with E-state index in [9.17, 15) is 14.0 Å². The van der Waals surface area contributed by atoms with E-state index in [0.717, 1.165) is 5.56 Å². The standard InChI is InChI=1S/C25H24ClFN2O3/c1-4-25(31)29(2)22-10-8-18(14-21(22)27)17-7-9-19(20(26)13-17)23(30)11-5-16-6-12-24(32-3)28-15-16/h6-10,12-15H,4-5,11H2,1-3H3. The number of carbonyl (C=O) groups excluding carboxylic acids is 2. The molecule has 32 heavy (non-hydrogen) atoms. The Bertz CT molecular complexity index is 1130. The summed E-state index contributed by atoms with van der Waals surface area (Å²) < 4.78 is 19.6. The number of aromatic nitrogens is 1. The highest BCUT2D eigenvalue weighted by Gasteiger charge is 2.16. The molecule has 166 valence electrons. The predicted molar refractivity (Wildman–Crippen MR) is 124 cm³/mol. The number of anilines is 1. The Kier molecular flexibility index (Phi) is 7.59. The zero-order chi connectivity index (χ0) is 23.3. The number of benzene rings is 2. The normalized spacial score (nSPS) is 10.7. The van der Waals surface area contributed by atoms with Crippen LogP contribution in [0.15, 0.2) is 54.7 Å². The first kappa shape index (κ1) is 23.4. The minimum atomic E-state index is -0.504. The first-order valence-electron chi connectivity index (χ1n) is 10.2. The molecule has 2 aromatic carbocycles. The van der Waals surface area contributed by atoms with Gasteiger partial charge in [-0.3, -0.25) is 9.59 Å². The van der Waals surface area contributed by atoms with Gasteiger partial charge < -0.3 is 9.64 Å². The number of nitrogens with zero attached hydrogens (tertiary/aromatic N) is 2. The van der Waals surface area contributed by atoms with Gasteiger partial charge in [0.15, 0.2) is 5.78 Å². The van der Waals surface area contributed by atoms with Crippen LogP contribution in [0, 0.1) is 5.82 Å². The van der Waals surface area contributed by atoms with Gasteiger partial charge in [0.1, 0.15) is 5.82 Å². The second-order valence-corrected chi connectivity index (χ2v) is 7.71. The van der Waals surface area contributed by atoms with Crippen LogP contribution in [0.1, 0.15) is 35.7 Å². The smallest absolute Gasteiger partial charge is 0.226 e. The lowest BCUT2D eigenvalue weighted by molar-refractivity contribution is -0.118. The maximum Gasteiger partial charge on any atom is 0.226 e. The molecule has 0 radical (unpaired) electrons. The van der Waals surface area contributed by atoms with Gasteiger partial charge in [0.25, 0.3) is 0 Å². The van der Waals surface area contributed by atoms with Gasteiger partial charge in [-0.2, -0.15) is 0 Å². The number of halogens is 2. The molecule has 0 aliphatic carbocycles. The van der Waals surface area contributed by atoms with E-state index >= 15 is 0 Å². The Labute approximate surface area is 191 Å². The Morgan fingerprint density at radius 1 is 1.09 bits per heavy atom. The average molecular weight is 455 g/mol. The van der Waals surface area contributed by atoms with E-state index < -0.39 is 5.82 Å². The van der Waals surface area contributed by atoms with Crippen molar-refractivity contribution in [2.45, 2.75) is 26.2 Å². The van der Waals surface area contributed by atoms with Gasteiger partial charge in [0.2, 0.25) is 11.8 Å². The summed E-state index contributed by atoms with van der Waals surface area (Å²) in [7, 11) is 3.09. The maximum atomic E-state index is 14.6. The molecule has 0 fully saturated rings. The van der Waals surface area contributed by atoms with Gasteiger partial charge in [0.05, 0.1) is 17.8 Å². The largest absolute Gasteiger partial charge is 0.481 e. The van der Waals surface area contributed by atoms with Crippen LogP contribution in [0.3, 0.4) is 0 Å². The summed E-state index contributed by atoms with van der Waals surface area (Å²) >= 11 is 6.38. The fourth-order valence-corrected chi connectivity index (χ4v) is 3.61. The van der Waals surface area contributed by atoms with Crippen molar-refractivity contribution in [2.75, 3.05) is 19.1 Å². The Morgan fingerprint density at radius 2 is 1.81 bits per heavy atom. The number of ketones is 1. The van der Waals surface area contributed by atoms with E-state index in [1.807, 2.05) is 6.07 Å². The predicted octanol–water partition coefficient (Wildman–Crippen LogP) is 5.74. The molecule has 0 unspecified atom stereocenters. The lowest BCUT2D eigenvalue weighted by Gasteiger charge is -2.18. The van der Waals surface area contributed by atoms with Crippen molar-refractivity contribution in [2.24, 2.45) is 0 Å². The highest BCUT2D eigenvalue weighted by molar-refractivity contribution is 6.34. The molecular formula is C25H24ClFN2O3. The monoisotopic (exact) mass is 454 g/mol. The minimum absolute atomic E-state index is 0.0846. The van der Waals surface area contributed by atoms with Gasteiger partial charge in [-0.1, -0.05) is 36.7 Å². The molecule has 1 heterocycles. The zero-order valence-electron chi connectivity index (χ0n) is 18.2. The molecule has 0 saturated heterocycles. The van der Waals surface area contributed by atoms with Crippen LogP contribution in [-0.4, -0.2) is 30.8 Å². The minimum Gasteiger partial charge on any atom is -0.481 e. The first-order valence-corrected chi connectivity index (χ1v) is 10.6. The lowest BCUT2D eigenvalue weighted by Crippen LogP contribution is -2.25. The molecule has 0 atom stereocenters. The van der Waals surface area contributed by atoms with Crippen molar-refractivity contribution < 1.29 is 18.7 Å². The molecule has 1 aromatic heterocycles. The van der Waals surface area contributed by atoms with E-state index in [1.165, 1.54) is 11.0 Å². The quantitative estimate of drug-likeness (QED) is 0.407. The summed E-state index contributed by atoms with van der Waals surface area (Å²) in [4.78, 5) is 29.9. The van der Waals surface area contributed by atoms with E-state index in [0.29, 0.717) is 34.0 Å². The van der Waals surface area contributed by atoms with Crippen LogP contribution in [0.4, 0.5) is 10.1 Å². The summed E-state index contributed by atoms with van der Waals surface area (Å²) in [6, 6.07) is 13.3. The van der Waals surface area contributed by atoms with E-state index in [1.54, 1.807) is 63.7 Å². The number of amides is 1. The summed E-state index contributed by atoms with van der Waals surface area (Å²) in [6.45, 7) is 1.73. The summed E-state index contributed by atoms with van der Waals surface area (Å²) in [5.41, 5.74) is 2.84. The van der Waals surface area contributed by atoms with Gasteiger partial charge in [-0.25, -0.2) is 9.37 Å². The number of carbonyl (C=O) groups is 2. The van der Waals surface area contributed by atoms with E-state index in [4.69, 9.17) is 16.3 Å². The molecule has 0 saturated carbocycles. The highest BCUT2D eigenvalue weighted by Crippen LogP contribution is 2.30. The zero-order valence-corrected chi connectivity index (χ0v) is 18.9. The third-order valence-corrected chi connectivity index (χ3v) is 5.55. The third-order valence-electron chi connectivity index (χ3n) is 5.24. The van der Waals surface area contributed by atoms with Crippen LogP contribution in [0.2, 0.25) is 5.02 Å². The molecule has 0 spiro atoms. The van der Waals surface area contributed by atoms with Gasteiger partial charge in [0, 0.05) is 37.7 Å².